The molecular weight excluding hydrogens is 354 g/mol. The summed E-state index contributed by atoms with van der Waals surface area (Å²) in [5.74, 6) is -5.51. The second-order valence-corrected chi connectivity index (χ2v) is 4.77. The number of ether oxygens (including phenoxy) is 1. The summed E-state index contributed by atoms with van der Waals surface area (Å²) in [5.41, 5.74) is 0. The van der Waals surface area contributed by atoms with Gasteiger partial charge in [-0.3, -0.25) is 4.90 Å². The number of hydrogen-bond donors (Lipinski definition) is 3. The molecule has 0 aromatic heterocycles. The van der Waals surface area contributed by atoms with E-state index in [1.54, 1.807) is 0 Å². The Bertz CT molecular complexity index is 382. The monoisotopic (exact) mass is 370 g/mol. The van der Waals surface area contributed by atoms with Gasteiger partial charge in [-0.15, -0.1) is 0 Å². The van der Waals surface area contributed by atoms with Gasteiger partial charge in [-0.05, 0) is 7.05 Å². The number of carboxylic acid groups (broad SMARTS) is 2. The minimum absolute atomic E-state index is 0.701. The number of hydrogen-bond acceptors (Lipinski definition) is 5. The van der Waals surface area contributed by atoms with Crippen molar-refractivity contribution in [2.45, 2.75) is 24.4 Å². The van der Waals surface area contributed by atoms with Gasteiger partial charge < -0.3 is 20.3 Å². The number of halogens is 6. The molecule has 3 N–H and O–H groups in total. The largest absolute Gasteiger partial charge is 0.490 e. The maximum Gasteiger partial charge on any atom is 0.490 e. The van der Waals surface area contributed by atoms with Crippen LogP contribution in [0.25, 0.3) is 0 Å². The Labute approximate surface area is 132 Å². The molecule has 0 unspecified atom stereocenters. The molecule has 0 bridgehead atoms. The number of nitrogens with zero attached hydrogens (tertiary/aromatic N) is 1. The SMILES string of the molecule is CN(C1CNC1)C1COC1.O=C(O)C(F)(F)F.O=C(O)C(F)(F)F. The van der Waals surface area contributed by atoms with E-state index in [2.05, 4.69) is 17.3 Å². The maximum absolute atomic E-state index is 10.6. The van der Waals surface area contributed by atoms with Crippen molar-refractivity contribution in [2.24, 2.45) is 0 Å². The summed E-state index contributed by atoms with van der Waals surface area (Å²) in [7, 11) is 2.19. The number of carbonyl (C=O) groups is 2. The van der Waals surface area contributed by atoms with Crippen molar-refractivity contribution >= 4 is 11.9 Å². The maximum atomic E-state index is 10.6. The van der Waals surface area contributed by atoms with Crippen LogP contribution in [0.1, 0.15) is 0 Å². The van der Waals surface area contributed by atoms with E-state index >= 15 is 0 Å². The molecule has 2 saturated heterocycles. The van der Waals surface area contributed by atoms with Gasteiger partial charge in [-0.1, -0.05) is 0 Å². The summed E-state index contributed by atoms with van der Waals surface area (Å²) in [4.78, 5) is 20.2. The molecule has 2 rings (SSSR count). The van der Waals surface area contributed by atoms with Crippen molar-refractivity contribution in [2.75, 3.05) is 33.4 Å². The van der Waals surface area contributed by atoms with Crippen LogP contribution in [0.2, 0.25) is 0 Å². The van der Waals surface area contributed by atoms with Crippen LogP contribution in [0.4, 0.5) is 26.3 Å². The summed E-state index contributed by atoms with van der Waals surface area (Å²) in [6, 6.07) is 1.47. The fourth-order valence-corrected chi connectivity index (χ4v) is 1.32. The fraction of sp³-hybridized carbons (Fsp3) is 0.818. The molecular formula is C11H16F6N2O5. The lowest BCUT2D eigenvalue weighted by Gasteiger charge is -2.43. The van der Waals surface area contributed by atoms with Gasteiger partial charge in [0.2, 0.25) is 0 Å². The fourth-order valence-electron chi connectivity index (χ4n) is 1.32. The zero-order chi connectivity index (χ0) is 19.1. The minimum atomic E-state index is -5.08. The van der Waals surface area contributed by atoms with Crippen LogP contribution in [-0.2, 0) is 14.3 Å². The zero-order valence-electron chi connectivity index (χ0n) is 12.3. The Morgan fingerprint density at radius 1 is 0.958 bits per heavy atom. The second kappa shape index (κ2) is 9.03. The van der Waals surface area contributed by atoms with Crippen LogP contribution in [0, 0.1) is 0 Å². The van der Waals surface area contributed by atoms with E-state index in [4.69, 9.17) is 24.5 Å². The molecule has 2 aliphatic rings. The highest BCUT2D eigenvalue weighted by Gasteiger charge is 2.38. The lowest BCUT2D eigenvalue weighted by atomic mass is 10.1. The summed E-state index contributed by atoms with van der Waals surface area (Å²) in [6.45, 7) is 4.19. The van der Waals surface area contributed by atoms with Crippen LogP contribution >= 0.6 is 0 Å². The van der Waals surface area contributed by atoms with Gasteiger partial charge >= 0.3 is 24.3 Å². The lowest BCUT2D eigenvalue weighted by Crippen LogP contribution is -2.62. The molecule has 0 aromatic carbocycles. The molecule has 0 spiro atoms. The van der Waals surface area contributed by atoms with E-state index in [1.807, 2.05) is 0 Å². The van der Waals surface area contributed by atoms with Crippen molar-refractivity contribution in [3.8, 4) is 0 Å². The van der Waals surface area contributed by atoms with Crippen LogP contribution < -0.4 is 5.32 Å². The first-order valence-electron chi connectivity index (χ1n) is 6.37. The van der Waals surface area contributed by atoms with E-state index < -0.39 is 24.3 Å². The van der Waals surface area contributed by atoms with Crippen LogP contribution in [0.5, 0.6) is 0 Å². The Morgan fingerprint density at radius 3 is 1.42 bits per heavy atom. The molecule has 2 fully saturated rings. The van der Waals surface area contributed by atoms with E-state index in [-0.39, 0.29) is 0 Å². The highest BCUT2D eigenvalue weighted by Crippen LogP contribution is 2.14. The predicted octanol–water partition coefficient (Wildman–Crippen LogP) is 0.555. The van der Waals surface area contributed by atoms with Crippen molar-refractivity contribution in [3.05, 3.63) is 0 Å². The van der Waals surface area contributed by atoms with Gasteiger partial charge in [0, 0.05) is 19.1 Å². The standard InChI is InChI=1S/C7H14N2O.2C2HF3O2/c1-9(6-2-8-3-6)7-4-10-5-7;2*3-2(4,5)1(6)7/h6-8H,2-5H2,1H3;2*(H,6,7). The summed E-state index contributed by atoms with van der Waals surface area (Å²) < 4.78 is 68.6. The average Bonchev–Trinajstić information content (AvgIpc) is 2.22. The first kappa shape index (κ1) is 22.4. The third-order valence-corrected chi connectivity index (χ3v) is 3.02. The molecule has 0 radical (unpaired) electrons. The second-order valence-electron chi connectivity index (χ2n) is 4.77. The van der Waals surface area contributed by atoms with Crippen LogP contribution in [-0.4, -0.2) is 84.8 Å². The Balaban J connectivity index is 0.000000343. The minimum Gasteiger partial charge on any atom is -0.475 e. The molecule has 0 aliphatic carbocycles. The molecule has 2 aliphatic heterocycles. The summed E-state index contributed by atoms with van der Waals surface area (Å²) in [6.07, 6.45) is -10.2. The van der Waals surface area contributed by atoms with Crippen molar-refractivity contribution < 1.29 is 50.9 Å². The third-order valence-electron chi connectivity index (χ3n) is 3.02. The van der Waals surface area contributed by atoms with Gasteiger partial charge in [-0.2, -0.15) is 26.3 Å². The molecule has 0 saturated carbocycles. The Morgan fingerprint density at radius 2 is 1.29 bits per heavy atom. The lowest BCUT2D eigenvalue weighted by molar-refractivity contribution is -0.193. The number of nitrogens with one attached hydrogen (secondary N) is 1. The zero-order valence-corrected chi connectivity index (χ0v) is 12.3. The average molecular weight is 370 g/mol. The summed E-state index contributed by atoms with van der Waals surface area (Å²) in [5, 5.41) is 17.5. The van der Waals surface area contributed by atoms with E-state index in [1.165, 1.54) is 0 Å². The molecule has 0 atom stereocenters. The van der Waals surface area contributed by atoms with Crippen molar-refractivity contribution in [1.82, 2.24) is 10.2 Å². The Kier molecular flexibility index (Phi) is 8.43. The molecule has 2 heterocycles. The molecule has 0 amide bonds. The number of likely N-dealkylation sites (N-methyl/N-ethyl adjacent to an activating group) is 1. The molecule has 24 heavy (non-hydrogen) atoms. The topological polar surface area (TPSA) is 99.1 Å². The van der Waals surface area contributed by atoms with Gasteiger partial charge in [-0.25, -0.2) is 9.59 Å². The summed E-state index contributed by atoms with van der Waals surface area (Å²) >= 11 is 0. The highest BCUT2D eigenvalue weighted by molar-refractivity contribution is 5.73. The van der Waals surface area contributed by atoms with E-state index in [0.717, 1.165) is 32.3 Å². The number of aliphatic carboxylic acids is 2. The molecule has 142 valence electrons. The van der Waals surface area contributed by atoms with E-state index in [9.17, 15) is 26.3 Å². The van der Waals surface area contributed by atoms with Gasteiger partial charge in [0.25, 0.3) is 0 Å². The van der Waals surface area contributed by atoms with Gasteiger partial charge in [0.15, 0.2) is 0 Å². The molecule has 13 heteroatoms. The highest BCUT2D eigenvalue weighted by atomic mass is 19.4. The quantitative estimate of drug-likeness (QED) is 0.611. The van der Waals surface area contributed by atoms with Gasteiger partial charge in [0.05, 0.1) is 19.3 Å². The molecule has 7 nitrogen and oxygen atoms in total. The van der Waals surface area contributed by atoms with Crippen LogP contribution in [0.3, 0.4) is 0 Å². The molecule has 0 aromatic rings. The Hall–Kier alpha value is -1.60. The van der Waals surface area contributed by atoms with Crippen molar-refractivity contribution in [3.63, 3.8) is 0 Å². The first-order valence-corrected chi connectivity index (χ1v) is 6.37. The third kappa shape index (κ3) is 8.31. The number of alkyl halides is 6. The normalized spacial score (nSPS) is 18.3. The predicted molar refractivity (Wildman–Crippen MR) is 66.4 cm³/mol. The van der Waals surface area contributed by atoms with E-state index in [0.29, 0.717) is 6.04 Å². The smallest absolute Gasteiger partial charge is 0.475 e. The van der Waals surface area contributed by atoms with Crippen LogP contribution in [0.15, 0.2) is 0 Å². The van der Waals surface area contributed by atoms with Gasteiger partial charge in [0.1, 0.15) is 0 Å². The van der Waals surface area contributed by atoms with Crippen molar-refractivity contribution in [1.29, 1.82) is 0 Å². The first-order chi connectivity index (χ1) is 10.8. The number of rotatable bonds is 2. The number of carboxylic acids is 2.